The number of carbonyl (C=O) groups is 2. The molecule has 0 saturated heterocycles. The number of hydrogen-bond acceptors (Lipinski definition) is 6. The van der Waals surface area contributed by atoms with Crippen molar-refractivity contribution in [2.24, 2.45) is 0 Å². The Bertz CT molecular complexity index is 2270. The molecule has 4 aromatic rings. The van der Waals surface area contributed by atoms with E-state index in [1.807, 2.05) is 47.9 Å². The third-order valence-electron chi connectivity index (χ3n) is 12.8. The number of carbonyl (C=O) groups excluding carboxylic acids is 2. The number of likely N-dealkylation sites (N-methyl/N-ethyl adjacent to an activating group) is 2. The summed E-state index contributed by atoms with van der Waals surface area (Å²) in [6.07, 6.45) is 14.0. The molecule has 0 aromatic heterocycles. The topological polar surface area (TPSA) is 77.5 Å². The zero-order valence-corrected chi connectivity index (χ0v) is 32.7. The summed E-state index contributed by atoms with van der Waals surface area (Å²) in [4.78, 5) is 29.8. The first-order chi connectivity index (χ1) is 27.3. The molecule has 12 rings (SSSR count). The molecule has 2 heterocycles. The minimum absolute atomic E-state index is 0.0775. The van der Waals surface area contributed by atoms with Crippen molar-refractivity contribution >= 4 is 11.8 Å². The van der Waals surface area contributed by atoms with Crippen molar-refractivity contribution in [2.75, 3.05) is 41.5 Å². The zero-order valence-electron chi connectivity index (χ0n) is 32.7. The highest BCUT2D eigenvalue weighted by molar-refractivity contribution is 5.95. The van der Waals surface area contributed by atoms with Gasteiger partial charge in [0.15, 0.2) is 0 Å². The van der Waals surface area contributed by atoms with Crippen molar-refractivity contribution in [3.8, 4) is 23.0 Å². The Morgan fingerprint density at radius 3 is 1.38 bits per heavy atom. The van der Waals surface area contributed by atoms with Gasteiger partial charge in [0.05, 0.1) is 28.4 Å². The molecule has 8 aliphatic rings. The van der Waals surface area contributed by atoms with Crippen LogP contribution >= 0.6 is 0 Å². The van der Waals surface area contributed by atoms with E-state index < -0.39 is 11.1 Å². The molecular formula is C48H46N2O6. The average molecular weight is 747 g/mol. The molecule has 6 aliphatic carbocycles. The summed E-state index contributed by atoms with van der Waals surface area (Å²) in [6.45, 7) is 5.42. The molecule has 4 aromatic carbocycles. The molecule has 284 valence electrons. The van der Waals surface area contributed by atoms with E-state index in [1.54, 1.807) is 28.4 Å². The molecule has 2 aliphatic heterocycles. The van der Waals surface area contributed by atoms with Gasteiger partial charge in [-0.2, -0.15) is 0 Å². The van der Waals surface area contributed by atoms with Crippen molar-refractivity contribution in [3.63, 3.8) is 0 Å². The van der Waals surface area contributed by atoms with E-state index in [2.05, 4.69) is 85.0 Å². The van der Waals surface area contributed by atoms with Crippen LogP contribution in [0.15, 0.2) is 120 Å². The molecule has 4 bridgehead atoms. The average Bonchev–Trinajstić information content (AvgIpc) is 3.62. The minimum atomic E-state index is -0.493. The summed E-state index contributed by atoms with van der Waals surface area (Å²) < 4.78 is 22.6. The SMILES string of the molecule is CCN1C(=O)C=C2Cc3cc(OC)cc(OC)c3[C@@H]3C=C[C@@]21c1ccccc13.CCN1C(=O)C=C2Cc3cc(OC)cc(OC)c3[C@H]3C=C[C@]21c1ccccc13. The molecule has 0 saturated carbocycles. The highest BCUT2D eigenvalue weighted by atomic mass is 16.5. The Morgan fingerprint density at radius 1 is 0.589 bits per heavy atom. The highest BCUT2D eigenvalue weighted by Gasteiger charge is 2.52. The molecule has 56 heavy (non-hydrogen) atoms. The minimum Gasteiger partial charge on any atom is -0.497 e. The summed E-state index contributed by atoms with van der Waals surface area (Å²) >= 11 is 0. The van der Waals surface area contributed by atoms with Gasteiger partial charge in [0.2, 0.25) is 11.8 Å². The lowest BCUT2D eigenvalue weighted by atomic mass is 9.67. The van der Waals surface area contributed by atoms with Gasteiger partial charge in [-0.25, -0.2) is 0 Å². The molecule has 0 N–H and O–H groups in total. The van der Waals surface area contributed by atoms with E-state index in [0.717, 1.165) is 56.4 Å². The van der Waals surface area contributed by atoms with Crippen LogP contribution in [0.1, 0.15) is 70.2 Å². The molecule has 0 unspecified atom stereocenters. The van der Waals surface area contributed by atoms with Gasteiger partial charge in [-0.05, 0) is 83.3 Å². The van der Waals surface area contributed by atoms with Crippen LogP contribution < -0.4 is 18.9 Å². The standard InChI is InChI=1S/2C24H23NO3/c2*1-4-25-22(26)13-16-11-15-12-17(27-2)14-21(28-3)23(15)19-9-10-24(16,25)20-8-6-5-7-18(19)20/h2*5-10,12-14,19H,4,11H2,1-3H3/t2*19-,24+/m10/s1. The first-order valence-electron chi connectivity index (χ1n) is 19.4. The maximum absolute atomic E-state index is 12.9. The third-order valence-corrected chi connectivity index (χ3v) is 12.8. The Kier molecular flexibility index (Phi) is 8.49. The fourth-order valence-electron chi connectivity index (χ4n) is 10.5. The van der Waals surface area contributed by atoms with E-state index in [9.17, 15) is 9.59 Å². The summed E-state index contributed by atoms with van der Waals surface area (Å²) in [7, 11) is 6.75. The first kappa shape index (κ1) is 35.7. The van der Waals surface area contributed by atoms with Gasteiger partial charge in [-0.1, -0.05) is 72.8 Å². The molecule has 4 atom stereocenters. The molecular weight excluding hydrogens is 701 g/mol. The predicted molar refractivity (Wildman–Crippen MR) is 216 cm³/mol. The van der Waals surface area contributed by atoms with Crippen molar-refractivity contribution in [2.45, 2.75) is 49.6 Å². The Labute approximate surface area is 328 Å². The van der Waals surface area contributed by atoms with Gasteiger partial charge in [0.25, 0.3) is 0 Å². The predicted octanol–water partition coefficient (Wildman–Crippen LogP) is 7.89. The molecule has 0 radical (unpaired) electrons. The number of hydrogen-bond donors (Lipinski definition) is 0. The summed E-state index contributed by atoms with van der Waals surface area (Å²) in [5.41, 5.74) is 10.7. The number of rotatable bonds is 6. The largest absolute Gasteiger partial charge is 0.497 e. The Balaban J connectivity index is 0.000000146. The lowest BCUT2D eigenvalue weighted by Crippen LogP contribution is -2.47. The Morgan fingerprint density at radius 2 is 1.00 bits per heavy atom. The lowest BCUT2D eigenvalue weighted by Gasteiger charge is -2.45. The van der Waals surface area contributed by atoms with Crippen LogP contribution in [0, 0.1) is 0 Å². The smallest absolute Gasteiger partial charge is 0.247 e. The summed E-state index contributed by atoms with van der Waals surface area (Å²) in [5.74, 6) is 3.53. The van der Waals surface area contributed by atoms with Gasteiger partial charge < -0.3 is 28.7 Å². The van der Waals surface area contributed by atoms with Crippen LogP contribution in [-0.2, 0) is 33.5 Å². The van der Waals surface area contributed by atoms with Crippen LogP contribution in [0.2, 0.25) is 0 Å². The highest BCUT2D eigenvalue weighted by Crippen LogP contribution is 2.56. The molecule has 2 amide bonds. The lowest BCUT2D eigenvalue weighted by molar-refractivity contribution is -0.128. The van der Waals surface area contributed by atoms with Crippen molar-refractivity contribution in [1.29, 1.82) is 0 Å². The first-order valence-corrected chi connectivity index (χ1v) is 19.4. The molecule has 2 spiro atoms. The quantitative estimate of drug-likeness (QED) is 0.187. The molecule has 8 heteroatoms. The fourth-order valence-corrected chi connectivity index (χ4v) is 10.5. The number of nitrogens with zero attached hydrogens (tertiary/aromatic N) is 2. The summed E-state index contributed by atoms with van der Waals surface area (Å²) in [6, 6.07) is 25.1. The second kappa shape index (κ2) is 13.3. The van der Waals surface area contributed by atoms with Gasteiger partial charge in [-0.3, -0.25) is 9.59 Å². The number of benzene rings is 4. The number of allylic oxidation sites excluding steroid dienone is 2. The van der Waals surface area contributed by atoms with Crippen LogP contribution in [-0.4, -0.2) is 63.1 Å². The maximum Gasteiger partial charge on any atom is 0.247 e. The third kappa shape index (κ3) is 4.84. The normalized spacial score (nSPS) is 24.1. The zero-order chi connectivity index (χ0) is 38.9. The van der Waals surface area contributed by atoms with E-state index >= 15 is 0 Å². The van der Waals surface area contributed by atoms with Gasteiger partial charge in [0, 0.05) is 60.3 Å². The van der Waals surface area contributed by atoms with Crippen molar-refractivity contribution in [1.82, 2.24) is 9.80 Å². The number of amides is 2. The van der Waals surface area contributed by atoms with E-state index in [-0.39, 0.29) is 23.7 Å². The van der Waals surface area contributed by atoms with Crippen LogP contribution in [0.25, 0.3) is 0 Å². The van der Waals surface area contributed by atoms with Crippen LogP contribution in [0.4, 0.5) is 0 Å². The van der Waals surface area contributed by atoms with Crippen molar-refractivity contribution in [3.05, 3.63) is 165 Å². The van der Waals surface area contributed by atoms with Gasteiger partial charge in [-0.15, -0.1) is 0 Å². The van der Waals surface area contributed by atoms with Crippen LogP contribution in [0.3, 0.4) is 0 Å². The number of methoxy groups -OCH3 is 4. The van der Waals surface area contributed by atoms with E-state index in [4.69, 9.17) is 18.9 Å². The van der Waals surface area contributed by atoms with Gasteiger partial charge in [0.1, 0.15) is 34.1 Å². The molecule has 0 fully saturated rings. The molecule has 8 nitrogen and oxygen atoms in total. The maximum atomic E-state index is 12.9. The van der Waals surface area contributed by atoms with Crippen LogP contribution in [0.5, 0.6) is 23.0 Å². The Hall–Kier alpha value is -6.02. The summed E-state index contributed by atoms with van der Waals surface area (Å²) in [5, 5.41) is 0. The van der Waals surface area contributed by atoms with Crippen molar-refractivity contribution < 1.29 is 28.5 Å². The second-order valence-electron chi connectivity index (χ2n) is 15.0. The fraction of sp³-hybridized carbons (Fsp3) is 0.292. The second-order valence-corrected chi connectivity index (χ2v) is 15.0. The van der Waals surface area contributed by atoms with E-state index in [1.165, 1.54) is 22.3 Å². The number of ether oxygens (including phenoxy) is 4. The van der Waals surface area contributed by atoms with Gasteiger partial charge >= 0.3 is 0 Å². The monoisotopic (exact) mass is 746 g/mol. The van der Waals surface area contributed by atoms with E-state index in [0.29, 0.717) is 25.9 Å².